The van der Waals surface area contributed by atoms with Crippen molar-refractivity contribution in [2.75, 3.05) is 12.9 Å². The topological polar surface area (TPSA) is 77.0 Å². The van der Waals surface area contributed by atoms with E-state index < -0.39 is 16.0 Å². The van der Waals surface area contributed by atoms with Crippen LogP contribution in [0.2, 0.25) is 0 Å². The quantitative estimate of drug-likeness (QED) is 0.129. The van der Waals surface area contributed by atoms with Crippen molar-refractivity contribution in [1.29, 1.82) is 0 Å². The number of ether oxygens (including phenoxy) is 3. The second kappa shape index (κ2) is 15.2. The molecule has 10 heteroatoms. The lowest BCUT2D eigenvalue weighted by Gasteiger charge is -2.41. The van der Waals surface area contributed by atoms with Crippen LogP contribution in [0.3, 0.4) is 0 Å². The highest BCUT2D eigenvalue weighted by Gasteiger charge is 2.38. The lowest BCUT2D eigenvalue weighted by atomic mass is 9.91. The Labute approximate surface area is 282 Å². The summed E-state index contributed by atoms with van der Waals surface area (Å²) in [5.74, 6) is 0.900. The van der Waals surface area contributed by atoms with Crippen molar-refractivity contribution in [1.82, 2.24) is 5.32 Å². The summed E-state index contributed by atoms with van der Waals surface area (Å²) in [6.45, 7) is 2.35. The molecule has 0 aromatic heterocycles. The predicted molar refractivity (Wildman–Crippen MR) is 181 cm³/mol. The van der Waals surface area contributed by atoms with Crippen LogP contribution in [0.25, 0.3) is 11.1 Å². The molecule has 2 N–H and O–H groups in total. The van der Waals surface area contributed by atoms with Crippen LogP contribution in [0.5, 0.6) is 5.75 Å². The monoisotopic (exact) mass is 685 g/mol. The third-order valence-corrected chi connectivity index (χ3v) is 9.38. The fourth-order valence-electron chi connectivity index (χ4n) is 5.23. The molecule has 5 rings (SSSR count). The zero-order chi connectivity index (χ0) is 32.0. The molecule has 1 aliphatic rings. The van der Waals surface area contributed by atoms with Crippen LogP contribution in [0, 0.1) is 5.92 Å². The SMILES string of the molecule is COc1ccccc1SC[C@H]1O[C@@H](c2cccc(-c3cccc(CNC(=O)C(Cl)(Cl)Cl)c3)c2)O[C@@H](c2ccc(CO)cc2)[C@H]1C. The van der Waals surface area contributed by atoms with Gasteiger partial charge in [-0.2, -0.15) is 0 Å². The second-order valence-electron chi connectivity index (χ2n) is 10.8. The number of para-hydroxylation sites is 1. The second-order valence-corrected chi connectivity index (χ2v) is 14.1. The molecule has 4 atom stereocenters. The largest absolute Gasteiger partial charge is 0.496 e. The van der Waals surface area contributed by atoms with E-state index in [2.05, 4.69) is 24.4 Å². The number of aliphatic hydroxyl groups excluding tert-OH is 1. The van der Waals surface area contributed by atoms with E-state index in [0.29, 0.717) is 5.75 Å². The lowest BCUT2D eigenvalue weighted by Crippen LogP contribution is -2.38. The molecule has 1 fully saturated rings. The maximum Gasteiger partial charge on any atom is 0.272 e. The number of carbonyl (C=O) groups excluding carboxylic acids is 1. The molecule has 1 amide bonds. The average molecular weight is 687 g/mol. The first-order valence-electron chi connectivity index (χ1n) is 14.5. The first-order chi connectivity index (χ1) is 21.7. The number of nitrogens with one attached hydrogen (secondary N) is 1. The molecule has 1 saturated heterocycles. The van der Waals surface area contributed by atoms with Gasteiger partial charge in [-0.3, -0.25) is 4.79 Å². The number of carbonyl (C=O) groups is 1. The van der Waals surface area contributed by atoms with Crippen LogP contribution in [0.15, 0.2) is 102 Å². The molecular weight excluding hydrogens is 653 g/mol. The zero-order valence-electron chi connectivity index (χ0n) is 24.8. The number of alkyl halides is 3. The number of hydrogen-bond donors (Lipinski definition) is 2. The maximum absolute atomic E-state index is 12.0. The van der Waals surface area contributed by atoms with Gasteiger partial charge < -0.3 is 24.6 Å². The first-order valence-corrected chi connectivity index (χ1v) is 16.6. The number of aliphatic hydroxyl groups is 1. The normalized spacial score (nSPS) is 20.0. The van der Waals surface area contributed by atoms with E-state index in [-0.39, 0.29) is 31.3 Å². The molecular formula is C35H34Cl3NO5S. The van der Waals surface area contributed by atoms with Gasteiger partial charge in [0.1, 0.15) is 5.75 Å². The lowest BCUT2D eigenvalue weighted by molar-refractivity contribution is -0.268. The minimum atomic E-state index is -2.02. The molecule has 4 aromatic carbocycles. The summed E-state index contributed by atoms with van der Waals surface area (Å²) in [4.78, 5) is 13.1. The summed E-state index contributed by atoms with van der Waals surface area (Å²) in [5, 5.41) is 12.2. The van der Waals surface area contributed by atoms with Crippen molar-refractivity contribution in [3.63, 3.8) is 0 Å². The number of methoxy groups -OCH3 is 1. The number of halogens is 3. The molecule has 0 aliphatic carbocycles. The average Bonchev–Trinajstić information content (AvgIpc) is 3.06. The van der Waals surface area contributed by atoms with Gasteiger partial charge in [0, 0.05) is 28.7 Å². The van der Waals surface area contributed by atoms with Gasteiger partial charge in [0.2, 0.25) is 0 Å². The number of benzene rings is 4. The highest BCUT2D eigenvalue weighted by atomic mass is 35.6. The van der Waals surface area contributed by atoms with Crippen LogP contribution in [-0.2, 0) is 27.4 Å². The van der Waals surface area contributed by atoms with Crippen molar-refractivity contribution >= 4 is 52.5 Å². The van der Waals surface area contributed by atoms with E-state index in [9.17, 15) is 9.90 Å². The van der Waals surface area contributed by atoms with E-state index in [4.69, 9.17) is 49.0 Å². The van der Waals surface area contributed by atoms with Crippen LogP contribution < -0.4 is 10.1 Å². The van der Waals surface area contributed by atoms with Crippen molar-refractivity contribution in [3.8, 4) is 16.9 Å². The minimum absolute atomic E-state index is 0.0153. The van der Waals surface area contributed by atoms with Crippen molar-refractivity contribution in [3.05, 3.63) is 119 Å². The summed E-state index contributed by atoms with van der Waals surface area (Å²) in [6.07, 6.45) is -0.971. The van der Waals surface area contributed by atoms with Crippen molar-refractivity contribution < 1.29 is 24.1 Å². The first kappa shape index (κ1) is 33.6. The summed E-state index contributed by atoms with van der Waals surface area (Å²) in [5.41, 5.74) is 5.55. The smallest absolute Gasteiger partial charge is 0.272 e. The molecule has 0 bridgehead atoms. The van der Waals surface area contributed by atoms with Crippen molar-refractivity contribution in [2.45, 2.75) is 47.3 Å². The van der Waals surface area contributed by atoms with Gasteiger partial charge in [-0.05, 0) is 52.1 Å². The van der Waals surface area contributed by atoms with Crippen LogP contribution >= 0.6 is 46.6 Å². The van der Waals surface area contributed by atoms with Gasteiger partial charge in [0.05, 0.1) is 25.9 Å². The van der Waals surface area contributed by atoms with Crippen LogP contribution in [0.1, 0.15) is 41.6 Å². The predicted octanol–water partition coefficient (Wildman–Crippen LogP) is 8.42. The fraction of sp³-hybridized carbons (Fsp3) is 0.286. The van der Waals surface area contributed by atoms with Crippen LogP contribution in [-0.4, -0.2) is 33.8 Å². The molecule has 45 heavy (non-hydrogen) atoms. The van der Waals surface area contributed by atoms with Gasteiger partial charge in [0.25, 0.3) is 9.70 Å². The Morgan fingerprint density at radius 3 is 2.31 bits per heavy atom. The Morgan fingerprint density at radius 1 is 0.889 bits per heavy atom. The van der Waals surface area contributed by atoms with E-state index in [1.165, 1.54) is 0 Å². The molecule has 1 heterocycles. The summed E-state index contributed by atoms with van der Waals surface area (Å²) in [7, 11) is 1.68. The summed E-state index contributed by atoms with van der Waals surface area (Å²) >= 11 is 18.8. The highest BCUT2D eigenvalue weighted by Crippen LogP contribution is 2.44. The molecule has 0 spiro atoms. The van der Waals surface area contributed by atoms with Crippen molar-refractivity contribution in [2.24, 2.45) is 5.92 Å². The number of thioether (sulfide) groups is 1. The Bertz CT molecular complexity index is 1600. The van der Waals surface area contributed by atoms with E-state index in [1.54, 1.807) is 18.9 Å². The summed E-state index contributed by atoms with van der Waals surface area (Å²) < 4.78 is 16.9. The van der Waals surface area contributed by atoms with Crippen LogP contribution in [0.4, 0.5) is 0 Å². The summed E-state index contributed by atoms with van der Waals surface area (Å²) in [6, 6.07) is 31.8. The fourth-order valence-corrected chi connectivity index (χ4v) is 6.62. The Balaban J connectivity index is 1.40. The van der Waals surface area contributed by atoms with E-state index in [1.807, 2.05) is 84.9 Å². The molecule has 0 unspecified atom stereocenters. The Hall–Kier alpha value is -2.75. The van der Waals surface area contributed by atoms with Gasteiger partial charge in [-0.1, -0.05) is 115 Å². The number of rotatable bonds is 10. The van der Waals surface area contributed by atoms with Gasteiger partial charge in [-0.25, -0.2) is 0 Å². The Morgan fingerprint density at radius 2 is 1.60 bits per heavy atom. The molecule has 0 saturated carbocycles. The van der Waals surface area contributed by atoms with Gasteiger partial charge in [-0.15, -0.1) is 11.8 Å². The minimum Gasteiger partial charge on any atom is -0.496 e. The zero-order valence-corrected chi connectivity index (χ0v) is 27.9. The number of hydrogen-bond acceptors (Lipinski definition) is 6. The third-order valence-electron chi connectivity index (χ3n) is 7.73. The Kier molecular flexibility index (Phi) is 11.4. The molecule has 6 nitrogen and oxygen atoms in total. The third kappa shape index (κ3) is 8.54. The maximum atomic E-state index is 12.0. The molecule has 1 aliphatic heterocycles. The molecule has 4 aromatic rings. The van der Waals surface area contributed by atoms with Gasteiger partial charge in [0.15, 0.2) is 6.29 Å². The molecule has 236 valence electrons. The standard InChI is InChI=1S/C35H34Cl3NO5S/c1-22-30(21-45-31-12-4-3-11-29(31)42-2)43-33(44-32(22)25-15-13-23(20-40)14-16-25)28-10-6-9-27(18-28)26-8-5-7-24(17-26)19-39-34(41)35(36,37)38/h3-18,22,30,32-33,40H,19-21H2,1-2H3,(H,39,41)/t22-,30+,32+,33+/m0/s1. The van der Waals surface area contributed by atoms with Gasteiger partial charge >= 0.3 is 0 Å². The van der Waals surface area contributed by atoms with E-state index in [0.717, 1.165) is 44.0 Å². The number of amides is 1. The highest BCUT2D eigenvalue weighted by molar-refractivity contribution is 7.99. The molecule has 0 radical (unpaired) electrons. The van der Waals surface area contributed by atoms with E-state index >= 15 is 0 Å².